The molecule has 0 radical (unpaired) electrons. The van der Waals surface area contributed by atoms with Gasteiger partial charge in [-0.15, -0.1) is 0 Å². The number of hydrogen-bond donors (Lipinski definition) is 1. The van der Waals surface area contributed by atoms with Crippen molar-refractivity contribution < 1.29 is 9.18 Å². The van der Waals surface area contributed by atoms with Crippen molar-refractivity contribution in [3.05, 3.63) is 34.6 Å². The quantitative estimate of drug-likeness (QED) is 0.877. The summed E-state index contributed by atoms with van der Waals surface area (Å²) in [5.41, 5.74) is 0.0730. The van der Waals surface area contributed by atoms with Gasteiger partial charge in [0.25, 0.3) is 5.91 Å². The van der Waals surface area contributed by atoms with Gasteiger partial charge >= 0.3 is 0 Å². The maximum absolute atomic E-state index is 13.6. The molecule has 0 unspecified atom stereocenters. The number of hydrogen-bond acceptors (Lipinski definition) is 2. The molecule has 1 aliphatic heterocycles. The van der Waals surface area contributed by atoms with Crippen molar-refractivity contribution in [3.8, 4) is 0 Å². The second-order valence-corrected chi connectivity index (χ2v) is 4.62. The fraction of sp³-hybridized carbons (Fsp3) is 0.417. The lowest BCUT2D eigenvalue weighted by Gasteiger charge is -2.24. The number of nitrogens with one attached hydrogen (secondary N) is 1. The summed E-state index contributed by atoms with van der Waals surface area (Å²) in [5.74, 6) is -0.867. The molecule has 17 heavy (non-hydrogen) atoms. The Balaban J connectivity index is 2.18. The third kappa shape index (κ3) is 2.58. The molecule has 92 valence electrons. The second kappa shape index (κ2) is 5.02. The molecule has 1 atom stereocenters. The molecule has 1 fully saturated rings. The Morgan fingerprint density at radius 3 is 2.94 bits per heavy atom. The summed E-state index contributed by atoms with van der Waals surface area (Å²) < 4.78 is 13.6. The molecule has 0 aliphatic carbocycles. The number of amides is 1. The van der Waals surface area contributed by atoms with E-state index in [0.717, 1.165) is 25.6 Å². The van der Waals surface area contributed by atoms with Gasteiger partial charge in [-0.2, -0.15) is 0 Å². The van der Waals surface area contributed by atoms with Gasteiger partial charge in [0.05, 0.1) is 5.56 Å². The highest BCUT2D eigenvalue weighted by atomic mass is 35.5. The summed E-state index contributed by atoms with van der Waals surface area (Å²) in [7, 11) is 1.70. The Hall–Kier alpha value is -1.13. The second-order valence-electron chi connectivity index (χ2n) is 4.19. The molecule has 1 heterocycles. The van der Waals surface area contributed by atoms with Crippen LogP contribution in [0.4, 0.5) is 4.39 Å². The minimum Gasteiger partial charge on any atom is -0.337 e. The molecule has 0 saturated carbocycles. The molecule has 2 rings (SSSR count). The molecule has 3 nitrogen and oxygen atoms in total. The Morgan fingerprint density at radius 1 is 1.59 bits per heavy atom. The van der Waals surface area contributed by atoms with Crippen LogP contribution in [-0.4, -0.2) is 37.0 Å². The first kappa shape index (κ1) is 12.3. The summed E-state index contributed by atoms with van der Waals surface area (Å²) in [6.45, 7) is 1.66. The van der Waals surface area contributed by atoms with Gasteiger partial charge in [0, 0.05) is 24.7 Å². The fourth-order valence-corrected chi connectivity index (χ4v) is 2.15. The zero-order valence-electron chi connectivity index (χ0n) is 9.54. The maximum Gasteiger partial charge on any atom is 0.256 e. The lowest BCUT2D eigenvalue weighted by Crippen LogP contribution is -2.38. The predicted molar refractivity (Wildman–Crippen MR) is 64.8 cm³/mol. The van der Waals surface area contributed by atoms with E-state index in [9.17, 15) is 9.18 Å². The van der Waals surface area contributed by atoms with Gasteiger partial charge in [0.2, 0.25) is 0 Å². The third-order valence-electron chi connectivity index (χ3n) is 3.06. The van der Waals surface area contributed by atoms with Gasteiger partial charge in [-0.05, 0) is 31.2 Å². The van der Waals surface area contributed by atoms with Crippen LogP contribution in [0.25, 0.3) is 0 Å². The van der Waals surface area contributed by atoms with Crippen LogP contribution in [-0.2, 0) is 0 Å². The van der Waals surface area contributed by atoms with E-state index >= 15 is 0 Å². The number of carbonyl (C=O) groups excluding carboxylic acids is 1. The summed E-state index contributed by atoms with van der Waals surface area (Å²) in [5, 5.41) is 3.47. The molecule has 1 aromatic rings. The average Bonchev–Trinajstić information content (AvgIpc) is 2.80. The van der Waals surface area contributed by atoms with Crippen molar-refractivity contribution in [1.29, 1.82) is 0 Å². The third-order valence-corrected chi connectivity index (χ3v) is 3.30. The topological polar surface area (TPSA) is 32.3 Å². The number of halogens is 2. The summed E-state index contributed by atoms with van der Waals surface area (Å²) in [4.78, 5) is 13.7. The number of likely N-dealkylation sites (N-methyl/N-ethyl adjacent to an activating group) is 1. The number of carbonyl (C=O) groups is 1. The monoisotopic (exact) mass is 256 g/mol. The van der Waals surface area contributed by atoms with E-state index in [-0.39, 0.29) is 17.5 Å². The standard InChI is InChI=1S/C12H14ClFN2O/c1-16(9-4-5-15-7-9)12(17)10-3-2-8(13)6-11(10)14/h2-3,6,9,15H,4-5,7H2,1H3/t9-/m0/s1. The van der Waals surface area contributed by atoms with Crippen molar-refractivity contribution in [2.24, 2.45) is 0 Å². The van der Waals surface area contributed by atoms with Gasteiger partial charge in [0.1, 0.15) is 5.82 Å². The van der Waals surface area contributed by atoms with E-state index in [1.54, 1.807) is 11.9 Å². The van der Waals surface area contributed by atoms with Crippen molar-refractivity contribution in [2.45, 2.75) is 12.5 Å². The van der Waals surface area contributed by atoms with Crippen molar-refractivity contribution in [3.63, 3.8) is 0 Å². The van der Waals surface area contributed by atoms with Gasteiger partial charge in [-0.1, -0.05) is 11.6 Å². The Morgan fingerprint density at radius 2 is 2.35 bits per heavy atom. The van der Waals surface area contributed by atoms with Crippen molar-refractivity contribution in [2.75, 3.05) is 20.1 Å². The first-order chi connectivity index (χ1) is 8.09. The van der Waals surface area contributed by atoms with Crippen LogP contribution < -0.4 is 5.32 Å². The molecule has 1 aliphatic rings. The average molecular weight is 257 g/mol. The number of benzene rings is 1. The Bertz CT molecular complexity index is 433. The first-order valence-electron chi connectivity index (χ1n) is 5.52. The van der Waals surface area contributed by atoms with Crippen LogP contribution in [0, 0.1) is 5.82 Å². The van der Waals surface area contributed by atoms with E-state index < -0.39 is 5.82 Å². The maximum atomic E-state index is 13.6. The highest BCUT2D eigenvalue weighted by molar-refractivity contribution is 6.30. The first-order valence-corrected chi connectivity index (χ1v) is 5.90. The smallest absolute Gasteiger partial charge is 0.256 e. The minimum absolute atomic E-state index is 0.0730. The molecule has 0 aromatic heterocycles. The highest BCUT2D eigenvalue weighted by Gasteiger charge is 2.25. The van der Waals surface area contributed by atoms with Gasteiger partial charge in [-0.25, -0.2) is 4.39 Å². The fourth-order valence-electron chi connectivity index (χ4n) is 1.99. The summed E-state index contributed by atoms with van der Waals surface area (Å²) >= 11 is 5.65. The van der Waals surface area contributed by atoms with Crippen molar-refractivity contribution >= 4 is 17.5 Å². The van der Waals surface area contributed by atoms with Crippen LogP contribution in [0.5, 0.6) is 0 Å². The van der Waals surface area contributed by atoms with Crippen LogP contribution in [0.1, 0.15) is 16.8 Å². The van der Waals surface area contributed by atoms with E-state index in [1.165, 1.54) is 12.1 Å². The lowest BCUT2D eigenvalue weighted by atomic mass is 10.1. The molecule has 0 spiro atoms. The van der Waals surface area contributed by atoms with Gasteiger partial charge in [-0.3, -0.25) is 4.79 Å². The molecule has 1 N–H and O–H groups in total. The normalized spacial score (nSPS) is 19.4. The van der Waals surface area contributed by atoms with E-state index in [4.69, 9.17) is 11.6 Å². The molecule has 1 amide bonds. The van der Waals surface area contributed by atoms with Crippen molar-refractivity contribution in [1.82, 2.24) is 10.2 Å². The molecule has 1 saturated heterocycles. The van der Waals surface area contributed by atoms with E-state index in [1.807, 2.05) is 0 Å². The van der Waals surface area contributed by atoms with Crippen LogP contribution in [0.2, 0.25) is 5.02 Å². The minimum atomic E-state index is -0.569. The molecule has 1 aromatic carbocycles. The van der Waals surface area contributed by atoms with Crippen LogP contribution in [0.3, 0.4) is 0 Å². The summed E-state index contributed by atoms with van der Waals surface area (Å²) in [6, 6.07) is 4.25. The van der Waals surface area contributed by atoms with Gasteiger partial charge in [0.15, 0.2) is 0 Å². The lowest BCUT2D eigenvalue weighted by molar-refractivity contribution is 0.0739. The largest absolute Gasteiger partial charge is 0.337 e. The zero-order chi connectivity index (χ0) is 12.4. The molecular weight excluding hydrogens is 243 g/mol. The SMILES string of the molecule is CN(C(=O)c1ccc(Cl)cc1F)[C@H]1CCNC1. The molecular formula is C12H14ClFN2O. The molecule has 0 bridgehead atoms. The van der Waals surface area contributed by atoms with Gasteiger partial charge < -0.3 is 10.2 Å². The highest BCUT2D eigenvalue weighted by Crippen LogP contribution is 2.18. The zero-order valence-corrected chi connectivity index (χ0v) is 10.3. The number of rotatable bonds is 2. The van der Waals surface area contributed by atoms with E-state index in [0.29, 0.717) is 5.02 Å². The Kier molecular flexibility index (Phi) is 3.64. The predicted octanol–water partition coefficient (Wildman–Crippen LogP) is 1.91. The molecule has 5 heteroatoms. The van der Waals surface area contributed by atoms with Crippen LogP contribution >= 0.6 is 11.6 Å². The van der Waals surface area contributed by atoms with E-state index in [2.05, 4.69) is 5.32 Å². The number of nitrogens with zero attached hydrogens (tertiary/aromatic N) is 1. The van der Waals surface area contributed by atoms with Crippen LogP contribution in [0.15, 0.2) is 18.2 Å². The Labute approximate surface area is 105 Å². The summed E-state index contributed by atoms with van der Waals surface area (Å²) in [6.07, 6.45) is 0.900.